The highest BCUT2D eigenvalue weighted by Crippen LogP contribution is 2.53. The Morgan fingerprint density at radius 1 is 1.11 bits per heavy atom. The van der Waals surface area contributed by atoms with Crippen LogP contribution in [-0.4, -0.2) is 23.8 Å². The summed E-state index contributed by atoms with van der Waals surface area (Å²) in [5, 5.41) is 10.6. The number of Topliss-reactive ketones (excluding diaryl/α,β-unsaturated/α-hetero) is 2. The van der Waals surface area contributed by atoms with E-state index >= 15 is 0 Å². The third-order valence-corrected chi connectivity index (χ3v) is 5.65. The number of hydrogen-bond donors (Lipinski definition) is 1. The van der Waals surface area contributed by atoms with Crippen LogP contribution in [0, 0.1) is 5.41 Å². The lowest BCUT2D eigenvalue weighted by molar-refractivity contribution is -0.118. The topological polar surface area (TPSA) is 72.8 Å². The van der Waals surface area contributed by atoms with Gasteiger partial charge in [0, 0.05) is 42.4 Å². The third kappa shape index (κ3) is 2.85. The molecule has 1 aromatic rings. The molecule has 5 nitrogen and oxygen atoms in total. The van der Waals surface area contributed by atoms with E-state index in [0.717, 1.165) is 0 Å². The van der Waals surface area contributed by atoms with Crippen LogP contribution in [0.15, 0.2) is 40.9 Å². The fourth-order valence-electron chi connectivity index (χ4n) is 4.51. The van der Waals surface area contributed by atoms with E-state index in [9.17, 15) is 14.7 Å². The molecule has 0 spiro atoms. The van der Waals surface area contributed by atoms with Gasteiger partial charge < -0.3 is 14.6 Å². The SMILES string of the molecule is COc1cccc2c1C(C1=C(O)CCCC1=O)C1=C(CC(C)(C)CC1=O)O2. The fraction of sp³-hybridized carbons (Fsp3) is 0.455. The second-order valence-electron chi connectivity index (χ2n) is 8.32. The Balaban J connectivity index is 1.99. The average molecular weight is 368 g/mol. The van der Waals surface area contributed by atoms with Crippen LogP contribution >= 0.6 is 0 Å². The maximum atomic E-state index is 13.1. The van der Waals surface area contributed by atoms with Gasteiger partial charge >= 0.3 is 0 Å². The molecule has 142 valence electrons. The van der Waals surface area contributed by atoms with Crippen molar-refractivity contribution in [1.29, 1.82) is 0 Å². The van der Waals surface area contributed by atoms with Crippen molar-refractivity contribution in [2.45, 2.75) is 51.9 Å². The summed E-state index contributed by atoms with van der Waals surface area (Å²) in [6.07, 6.45) is 2.46. The van der Waals surface area contributed by atoms with Gasteiger partial charge in [0.1, 0.15) is 17.3 Å². The van der Waals surface area contributed by atoms with Gasteiger partial charge in [-0.2, -0.15) is 0 Å². The Morgan fingerprint density at radius 2 is 1.89 bits per heavy atom. The molecule has 0 saturated heterocycles. The molecule has 1 heterocycles. The third-order valence-electron chi connectivity index (χ3n) is 5.65. The molecule has 0 saturated carbocycles. The van der Waals surface area contributed by atoms with Crippen molar-refractivity contribution in [1.82, 2.24) is 0 Å². The number of methoxy groups -OCH3 is 1. The number of fused-ring (bicyclic) bond motifs is 1. The Bertz CT molecular complexity index is 903. The van der Waals surface area contributed by atoms with Crippen LogP contribution in [0.1, 0.15) is 57.4 Å². The van der Waals surface area contributed by atoms with Gasteiger partial charge in [-0.25, -0.2) is 0 Å². The number of allylic oxidation sites excluding steroid dienone is 4. The standard InChI is InChI=1S/C22H24O5/c1-22(2)10-14(25)19-17(11-22)27-16-9-5-8-15(26-3)20(16)21(19)18-12(23)6-4-7-13(18)24/h5,8-9,21,23H,4,6-7,10-11H2,1-3H3. The smallest absolute Gasteiger partial charge is 0.163 e. The molecule has 0 fully saturated rings. The molecule has 0 aromatic heterocycles. The summed E-state index contributed by atoms with van der Waals surface area (Å²) in [7, 11) is 1.55. The minimum absolute atomic E-state index is 0.0264. The Kier molecular flexibility index (Phi) is 4.13. The predicted molar refractivity (Wildman–Crippen MR) is 99.9 cm³/mol. The summed E-state index contributed by atoms with van der Waals surface area (Å²) in [5.74, 6) is 1.08. The van der Waals surface area contributed by atoms with E-state index < -0.39 is 5.92 Å². The summed E-state index contributed by atoms with van der Waals surface area (Å²) < 4.78 is 11.7. The zero-order chi connectivity index (χ0) is 19.3. The molecule has 1 aliphatic heterocycles. The largest absolute Gasteiger partial charge is 0.512 e. The van der Waals surface area contributed by atoms with E-state index in [4.69, 9.17) is 9.47 Å². The quantitative estimate of drug-likeness (QED) is 0.839. The molecule has 0 bridgehead atoms. The van der Waals surface area contributed by atoms with E-state index in [1.165, 1.54) is 0 Å². The van der Waals surface area contributed by atoms with Gasteiger partial charge in [-0.15, -0.1) is 0 Å². The lowest BCUT2D eigenvalue weighted by Crippen LogP contribution is -2.35. The summed E-state index contributed by atoms with van der Waals surface area (Å²) >= 11 is 0. The van der Waals surface area contributed by atoms with E-state index in [1.54, 1.807) is 13.2 Å². The number of aliphatic hydroxyl groups is 1. The molecule has 3 aliphatic rings. The van der Waals surface area contributed by atoms with E-state index in [1.807, 2.05) is 26.0 Å². The molecule has 2 aliphatic carbocycles. The highest BCUT2D eigenvalue weighted by atomic mass is 16.5. The van der Waals surface area contributed by atoms with Gasteiger partial charge in [0.25, 0.3) is 0 Å². The molecule has 0 amide bonds. The fourth-order valence-corrected chi connectivity index (χ4v) is 4.51. The first kappa shape index (κ1) is 17.8. The van der Waals surface area contributed by atoms with E-state index in [-0.39, 0.29) is 22.7 Å². The summed E-state index contributed by atoms with van der Waals surface area (Å²) in [5.41, 5.74) is 1.28. The molecule has 27 heavy (non-hydrogen) atoms. The molecule has 5 heteroatoms. The molecule has 1 unspecified atom stereocenters. The normalized spacial score (nSPS) is 24.3. The van der Waals surface area contributed by atoms with Gasteiger partial charge in [0.2, 0.25) is 0 Å². The van der Waals surface area contributed by atoms with Crippen molar-refractivity contribution in [3.8, 4) is 11.5 Å². The number of rotatable bonds is 2. The van der Waals surface area contributed by atoms with Gasteiger partial charge in [0.05, 0.1) is 18.8 Å². The van der Waals surface area contributed by atoms with Crippen molar-refractivity contribution in [2.24, 2.45) is 5.41 Å². The number of ketones is 2. The number of aliphatic hydroxyl groups excluding tert-OH is 1. The second-order valence-corrected chi connectivity index (χ2v) is 8.32. The predicted octanol–water partition coefficient (Wildman–Crippen LogP) is 4.38. The Labute approximate surface area is 158 Å². The minimum Gasteiger partial charge on any atom is -0.512 e. The molecule has 1 N–H and O–H groups in total. The minimum atomic E-state index is -0.628. The van der Waals surface area contributed by atoms with Crippen molar-refractivity contribution in [3.63, 3.8) is 0 Å². The van der Waals surface area contributed by atoms with Crippen LogP contribution < -0.4 is 9.47 Å². The first-order chi connectivity index (χ1) is 12.8. The summed E-state index contributed by atoms with van der Waals surface area (Å²) in [6, 6.07) is 5.45. The molecule has 1 aromatic carbocycles. The van der Waals surface area contributed by atoms with Crippen molar-refractivity contribution < 1.29 is 24.2 Å². The van der Waals surface area contributed by atoms with Crippen molar-refractivity contribution in [3.05, 3.63) is 46.4 Å². The van der Waals surface area contributed by atoms with E-state index in [0.29, 0.717) is 66.1 Å². The van der Waals surface area contributed by atoms with Crippen LogP contribution in [0.2, 0.25) is 0 Å². The van der Waals surface area contributed by atoms with Crippen LogP contribution in [-0.2, 0) is 9.59 Å². The molecular formula is C22H24O5. The zero-order valence-corrected chi connectivity index (χ0v) is 15.9. The van der Waals surface area contributed by atoms with Crippen LogP contribution in [0.4, 0.5) is 0 Å². The van der Waals surface area contributed by atoms with Crippen molar-refractivity contribution in [2.75, 3.05) is 7.11 Å². The number of hydrogen-bond acceptors (Lipinski definition) is 5. The molecular weight excluding hydrogens is 344 g/mol. The average Bonchev–Trinajstić information content (AvgIpc) is 2.59. The maximum Gasteiger partial charge on any atom is 0.163 e. The van der Waals surface area contributed by atoms with Gasteiger partial charge in [-0.1, -0.05) is 19.9 Å². The summed E-state index contributed by atoms with van der Waals surface area (Å²) in [6.45, 7) is 4.08. The van der Waals surface area contributed by atoms with Crippen LogP contribution in [0.5, 0.6) is 11.5 Å². The van der Waals surface area contributed by atoms with E-state index in [2.05, 4.69) is 0 Å². The lowest BCUT2D eigenvalue weighted by atomic mass is 9.68. The highest BCUT2D eigenvalue weighted by Gasteiger charge is 2.46. The zero-order valence-electron chi connectivity index (χ0n) is 15.9. The molecule has 1 atom stereocenters. The van der Waals surface area contributed by atoms with Crippen molar-refractivity contribution >= 4 is 11.6 Å². The lowest BCUT2D eigenvalue weighted by Gasteiger charge is -2.39. The number of carbonyl (C=O) groups is 2. The second kappa shape index (κ2) is 6.25. The first-order valence-electron chi connectivity index (χ1n) is 9.38. The first-order valence-corrected chi connectivity index (χ1v) is 9.38. The van der Waals surface area contributed by atoms with Crippen LogP contribution in [0.3, 0.4) is 0 Å². The van der Waals surface area contributed by atoms with Gasteiger partial charge in [0.15, 0.2) is 11.6 Å². The number of benzene rings is 1. The van der Waals surface area contributed by atoms with Crippen LogP contribution in [0.25, 0.3) is 0 Å². The monoisotopic (exact) mass is 368 g/mol. The summed E-state index contributed by atoms with van der Waals surface area (Å²) in [4.78, 5) is 25.9. The highest BCUT2D eigenvalue weighted by molar-refractivity contribution is 6.06. The molecule has 4 rings (SSSR count). The number of ether oxygens (including phenoxy) is 2. The Hall–Kier alpha value is -2.56. The number of carbonyl (C=O) groups excluding carboxylic acids is 2. The van der Waals surface area contributed by atoms with Gasteiger partial charge in [-0.05, 0) is 24.0 Å². The van der Waals surface area contributed by atoms with Gasteiger partial charge in [-0.3, -0.25) is 9.59 Å². The molecule has 0 radical (unpaired) electrons. The Morgan fingerprint density at radius 3 is 2.59 bits per heavy atom. The maximum absolute atomic E-state index is 13.1.